The Kier molecular flexibility index (Phi) is 4.03. The molecule has 1 aromatic heterocycles. The van der Waals surface area contributed by atoms with Crippen LogP contribution in [0.2, 0.25) is 0 Å². The van der Waals surface area contributed by atoms with Crippen LogP contribution in [-0.2, 0) is 0 Å². The molecule has 0 spiro atoms. The van der Waals surface area contributed by atoms with Crippen molar-refractivity contribution in [1.29, 1.82) is 5.41 Å². The van der Waals surface area contributed by atoms with Gasteiger partial charge in [-0.05, 0) is 57.2 Å². The summed E-state index contributed by atoms with van der Waals surface area (Å²) >= 11 is 0. The molecule has 0 unspecified atom stereocenters. The standard InChI is InChI=1S/C16H19N3O/c1-10(2)20-13-6-4-12(5-7-13)15-9-8-14(16(17)18)11(3)19-15/h4-10H,1-3H3,(H3,17,18). The minimum atomic E-state index is 0.0437. The summed E-state index contributed by atoms with van der Waals surface area (Å²) in [5, 5.41) is 7.47. The van der Waals surface area contributed by atoms with Crippen molar-refractivity contribution in [3.63, 3.8) is 0 Å². The molecule has 1 aromatic carbocycles. The van der Waals surface area contributed by atoms with E-state index >= 15 is 0 Å². The highest BCUT2D eigenvalue weighted by molar-refractivity contribution is 5.96. The van der Waals surface area contributed by atoms with E-state index < -0.39 is 0 Å². The third-order valence-corrected chi connectivity index (χ3v) is 2.90. The van der Waals surface area contributed by atoms with E-state index in [-0.39, 0.29) is 11.9 Å². The number of nitrogens with one attached hydrogen (secondary N) is 1. The average Bonchev–Trinajstić information content (AvgIpc) is 2.38. The number of nitrogen functional groups attached to an aromatic ring is 1. The summed E-state index contributed by atoms with van der Waals surface area (Å²) in [4.78, 5) is 4.49. The van der Waals surface area contributed by atoms with E-state index in [1.165, 1.54) is 0 Å². The monoisotopic (exact) mass is 269 g/mol. The first-order valence-electron chi connectivity index (χ1n) is 6.56. The zero-order chi connectivity index (χ0) is 14.7. The molecule has 20 heavy (non-hydrogen) atoms. The maximum absolute atomic E-state index is 7.47. The highest BCUT2D eigenvalue weighted by Gasteiger charge is 2.06. The molecule has 0 radical (unpaired) electrons. The van der Waals surface area contributed by atoms with Gasteiger partial charge in [0.15, 0.2) is 0 Å². The summed E-state index contributed by atoms with van der Waals surface area (Å²) in [6, 6.07) is 11.5. The normalized spacial score (nSPS) is 10.6. The van der Waals surface area contributed by atoms with Crippen molar-refractivity contribution in [3.8, 4) is 17.0 Å². The predicted molar refractivity (Wildman–Crippen MR) is 81.2 cm³/mol. The summed E-state index contributed by atoms with van der Waals surface area (Å²) < 4.78 is 5.61. The number of aromatic nitrogens is 1. The lowest BCUT2D eigenvalue weighted by Crippen LogP contribution is -2.13. The van der Waals surface area contributed by atoms with E-state index in [2.05, 4.69) is 4.98 Å². The topological polar surface area (TPSA) is 72.0 Å². The van der Waals surface area contributed by atoms with Crippen molar-refractivity contribution < 1.29 is 4.74 Å². The van der Waals surface area contributed by atoms with Crippen molar-refractivity contribution in [2.45, 2.75) is 26.9 Å². The molecule has 0 aliphatic heterocycles. The quantitative estimate of drug-likeness (QED) is 0.661. The van der Waals surface area contributed by atoms with E-state index in [4.69, 9.17) is 15.9 Å². The van der Waals surface area contributed by atoms with Gasteiger partial charge in [0.2, 0.25) is 0 Å². The van der Waals surface area contributed by atoms with E-state index in [0.717, 1.165) is 22.7 Å². The SMILES string of the molecule is Cc1nc(-c2ccc(OC(C)C)cc2)ccc1C(=N)N. The van der Waals surface area contributed by atoms with Crippen molar-refractivity contribution in [1.82, 2.24) is 4.98 Å². The van der Waals surface area contributed by atoms with Gasteiger partial charge in [0.25, 0.3) is 0 Å². The van der Waals surface area contributed by atoms with Crippen molar-refractivity contribution >= 4 is 5.84 Å². The van der Waals surface area contributed by atoms with Crippen LogP contribution < -0.4 is 10.5 Å². The van der Waals surface area contributed by atoms with Crippen LogP contribution in [-0.4, -0.2) is 16.9 Å². The third kappa shape index (κ3) is 3.15. The fourth-order valence-electron chi connectivity index (χ4n) is 1.98. The molecule has 2 rings (SSSR count). The van der Waals surface area contributed by atoms with Gasteiger partial charge in [0.1, 0.15) is 11.6 Å². The predicted octanol–water partition coefficient (Wildman–Crippen LogP) is 3.13. The van der Waals surface area contributed by atoms with Crippen LogP contribution in [0.5, 0.6) is 5.75 Å². The highest BCUT2D eigenvalue weighted by Crippen LogP contribution is 2.22. The number of benzene rings is 1. The van der Waals surface area contributed by atoms with Gasteiger partial charge < -0.3 is 10.5 Å². The Morgan fingerprint density at radius 3 is 2.30 bits per heavy atom. The number of aryl methyl sites for hydroxylation is 1. The average molecular weight is 269 g/mol. The van der Waals surface area contributed by atoms with Crippen molar-refractivity contribution in [2.75, 3.05) is 0 Å². The maximum Gasteiger partial charge on any atom is 0.124 e. The van der Waals surface area contributed by atoms with Crippen LogP contribution >= 0.6 is 0 Å². The molecule has 2 aromatic rings. The molecule has 0 saturated heterocycles. The first kappa shape index (κ1) is 14.1. The van der Waals surface area contributed by atoms with Gasteiger partial charge in [-0.3, -0.25) is 10.4 Å². The molecular weight excluding hydrogens is 250 g/mol. The smallest absolute Gasteiger partial charge is 0.124 e. The molecule has 4 nitrogen and oxygen atoms in total. The Balaban J connectivity index is 2.28. The molecule has 0 aliphatic rings. The van der Waals surface area contributed by atoms with Crippen molar-refractivity contribution in [3.05, 3.63) is 47.7 Å². The van der Waals surface area contributed by atoms with Gasteiger partial charge in [0, 0.05) is 16.8 Å². The van der Waals surface area contributed by atoms with Gasteiger partial charge in [-0.15, -0.1) is 0 Å². The van der Waals surface area contributed by atoms with Crippen LogP contribution in [0, 0.1) is 12.3 Å². The minimum Gasteiger partial charge on any atom is -0.491 e. The molecule has 0 atom stereocenters. The number of amidine groups is 1. The van der Waals surface area contributed by atoms with Crippen molar-refractivity contribution in [2.24, 2.45) is 5.73 Å². The Bertz CT molecular complexity index is 618. The number of rotatable bonds is 4. The molecule has 4 heteroatoms. The van der Waals surface area contributed by atoms with Gasteiger partial charge in [0.05, 0.1) is 11.8 Å². The molecule has 0 fully saturated rings. The second-order valence-electron chi connectivity index (χ2n) is 4.93. The Morgan fingerprint density at radius 1 is 1.15 bits per heavy atom. The summed E-state index contributed by atoms with van der Waals surface area (Å²) in [7, 11) is 0. The molecule has 0 amide bonds. The van der Waals surface area contributed by atoms with E-state index in [0.29, 0.717) is 5.56 Å². The molecule has 0 bridgehead atoms. The number of nitrogens with zero attached hydrogens (tertiary/aromatic N) is 1. The zero-order valence-electron chi connectivity index (χ0n) is 12.0. The van der Waals surface area contributed by atoms with Crippen LogP contribution in [0.4, 0.5) is 0 Å². The van der Waals surface area contributed by atoms with Crippen LogP contribution in [0.1, 0.15) is 25.1 Å². The lowest BCUT2D eigenvalue weighted by molar-refractivity contribution is 0.242. The third-order valence-electron chi connectivity index (χ3n) is 2.90. The second kappa shape index (κ2) is 5.74. The first-order valence-corrected chi connectivity index (χ1v) is 6.56. The lowest BCUT2D eigenvalue weighted by atomic mass is 10.1. The van der Waals surface area contributed by atoms with Gasteiger partial charge in [-0.1, -0.05) is 0 Å². The van der Waals surface area contributed by atoms with Crippen LogP contribution in [0.25, 0.3) is 11.3 Å². The first-order chi connectivity index (χ1) is 9.47. The molecule has 0 aliphatic carbocycles. The Hall–Kier alpha value is -2.36. The van der Waals surface area contributed by atoms with Crippen LogP contribution in [0.3, 0.4) is 0 Å². The maximum atomic E-state index is 7.47. The van der Waals surface area contributed by atoms with Gasteiger partial charge in [-0.25, -0.2) is 0 Å². The molecule has 104 valence electrons. The minimum absolute atomic E-state index is 0.0437. The highest BCUT2D eigenvalue weighted by atomic mass is 16.5. The summed E-state index contributed by atoms with van der Waals surface area (Å²) in [5.74, 6) is 0.892. The largest absolute Gasteiger partial charge is 0.491 e. The fraction of sp³-hybridized carbons (Fsp3) is 0.250. The van der Waals surface area contributed by atoms with Gasteiger partial charge >= 0.3 is 0 Å². The molecule has 0 saturated carbocycles. The number of nitrogens with two attached hydrogens (primary N) is 1. The summed E-state index contributed by atoms with van der Waals surface area (Å²) in [6.07, 6.45) is 0.163. The molecular formula is C16H19N3O. The fourth-order valence-corrected chi connectivity index (χ4v) is 1.98. The lowest BCUT2D eigenvalue weighted by Gasteiger charge is -2.10. The van der Waals surface area contributed by atoms with Crippen LogP contribution in [0.15, 0.2) is 36.4 Å². The van der Waals surface area contributed by atoms with E-state index in [1.807, 2.05) is 57.2 Å². The number of hydrogen-bond donors (Lipinski definition) is 2. The number of ether oxygens (including phenoxy) is 1. The Morgan fingerprint density at radius 2 is 1.80 bits per heavy atom. The second-order valence-corrected chi connectivity index (χ2v) is 4.93. The molecule has 1 heterocycles. The number of hydrogen-bond acceptors (Lipinski definition) is 3. The zero-order valence-corrected chi connectivity index (χ0v) is 12.0. The van der Waals surface area contributed by atoms with E-state index in [9.17, 15) is 0 Å². The van der Waals surface area contributed by atoms with Gasteiger partial charge in [-0.2, -0.15) is 0 Å². The summed E-state index contributed by atoms with van der Waals surface area (Å²) in [5.41, 5.74) is 8.81. The Labute approximate surface area is 119 Å². The van der Waals surface area contributed by atoms with E-state index in [1.54, 1.807) is 0 Å². The summed E-state index contributed by atoms with van der Waals surface area (Å²) in [6.45, 7) is 5.86. The number of pyridine rings is 1. The molecule has 3 N–H and O–H groups in total.